The van der Waals surface area contributed by atoms with E-state index in [1.165, 1.54) is 36.4 Å². The summed E-state index contributed by atoms with van der Waals surface area (Å²) in [5, 5.41) is 22.9. The summed E-state index contributed by atoms with van der Waals surface area (Å²) in [6.45, 7) is -0.706. The van der Waals surface area contributed by atoms with Crippen molar-refractivity contribution in [1.82, 2.24) is 0 Å². The Morgan fingerprint density at radius 1 is 1.09 bits per heavy atom. The van der Waals surface area contributed by atoms with Crippen LogP contribution in [0.25, 0.3) is 0 Å². The van der Waals surface area contributed by atoms with Gasteiger partial charge in [-0.15, -0.1) is 0 Å². The van der Waals surface area contributed by atoms with Crippen molar-refractivity contribution in [2.75, 3.05) is 16.2 Å². The summed E-state index contributed by atoms with van der Waals surface area (Å²) in [5.41, 5.74) is -0.0209. The van der Waals surface area contributed by atoms with E-state index >= 15 is 0 Å². The Balaban J connectivity index is 2.04. The van der Waals surface area contributed by atoms with Gasteiger partial charge in [0.25, 0.3) is 15.7 Å². The molecular formula is C21H14Cl2N4O5S. The second-order valence-corrected chi connectivity index (χ2v) is 9.24. The Kier molecular flexibility index (Phi) is 7.18. The van der Waals surface area contributed by atoms with E-state index in [1.807, 2.05) is 6.07 Å². The lowest BCUT2D eigenvalue weighted by molar-refractivity contribution is -0.385. The smallest absolute Gasteiger partial charge is 0.270 e. The minimum Gasteiger partial charge on any atom is -0.323 e. The summed E-state index contributed by atoms with van der Waals surface area (Å²) in [5.74, 6) is -0.752. The Hall–Kier alpha value is -3.65. The first-order valence-corrected chi connectivity index (χ1v) is 11.3. The summed E-state index contributed by atoms with van der Waals surface area (Å²) >= 11 is 12.0. The minimum atomic E-state index is -4.53. The Morgan fingerprint density at radius 2 is 1.76 bits per heavy atom. The third-order valence-electron chi connectivity index (χ3n) is 4.42. The number of carbonyl (C=O) groups is 1. The summed E-state index contributed by atoms with van der Waals surface area (Å²) in [4.78, 5) is 22.6. The number of anilines is 2. The molecule has 3 aromatic rings. The molecule has 12 heteroatoms. The maximum absolute atomic E-state index is 13.5. The number of nitriles is 1. The highest BCUT2D eigenvalue weighted by molar-refractivity contribution is 7.93. The number of nitro groups is 1. The number of para-hydroxylation sites is 1. The van der Waals surface area contributed by atoms with Gasteiger partial charge in [0.05, 0.1) is 26.9 Å². The summed E-state index contributed by atoms with van der Waals surface area (Å²) in [6, 6.07) is 16.7. The molecule has 0 fully saturated rings. The van der Waals surface area contributed by atoms with Crippen molar-refractivity contribution in [1.29, 1.82) is 5.26 Å². The van der Waals surface area contributed by atoms with Gasteiger partial charge >= 0.3 is 0 Å². The molecule has 0 saturated carbocycles. The molecule has 0 atom stereocenters. The number of nitrogens with zero attached hydrogens (tertiary/aromatic N) is 3. The second kappa shape index (κ2) is 9.87. The first-order valence-electron chi connectivity index (χ1n) is 9.14. The zero-order valence-electron chi connectivity index (χ0n) is 16.6. The van der Waals surface area contributed by atoms with Gasteiger partial charge in [-0.2, -0.15) is 5.26 Å². The van der Waals surface area contributed by atoms with E-state index < -0.39 is 38.0 Å². The van der Waals surface area contributed by atoms with Crippen molar-refractivity contribution < 1.29 is 18.1 Å². The maximum Gasteiger partial charge on any atom is 0.270 e. The van der Waals surface area contributed by atoms with Crippen molar-refractivity contribution >= 4 is 56.2 Å². The number of sulfonamides is 1. The maximum atomic E-state index is 13.5. The van der Waals surface area contributed by atoms with Crippen molar-refractivity contribution in [2.45, 2.75) is 4.90 Å². The number of nitro benzene ring substituents is 1. The van der Waals surface area contributed by atoms with Crippen molar-refractivity contribution in [2.24, 2.45) is 0 Å². The fraction of sp³-hybridized carbons (Fsp3) is 0.0476. The normalized spacial score (nSPS) is 10.8. The van der Waals surface area contributed by atoms with Gasteiger partial charge in [0.1, 0.15) is 17.5 Å². The van der Waals surface area contributed by atoms with Crippen LogP contribution in [0.3, 0.4) is 0 Å². The predicted octanol–water partition coefficient (Wildman–Crippen LogP) is 4.61. The SMILES string of the molecule is N#Cc1ccccc1NC(=O)CN(c1ccc(Cl)cc1)S(=O)(=O)c1cc([N+](=O)[O-])ccc1Cl. The number of hydrogen-bond donors (Lipinski definition) is 1. The Labute approximate surface area is 199 Å². The van der Waals surface area contributed by atoms with Gasteiger partial charge in [0, 0.05) is 17.2 Å². The average Bonchev–Trinajstić information content (AvgIpc) is 2.78. The van der Waals surface area contributed by atoms with Crippen molar-refractivity contribution in [3.63, 3.8) is 0 Å². The van der Waals surface area contributed by atoms with Crippen LogP contribution in [0.5, 0.6) is 0 Å². The molecule has 0 spiro atoms. The highest BCUT2D eigenvalue weighted by Gasteiger charge is 2.31. The topological polar surface area (TPSA) is 133 Å². The summed E-state index contributed by atoms with van der Waals surface area (Å²) in [6.07, 6.45) is 0. The standard InChI is InChI=1S/C21H14Cl2N4O5S/c22-15-5-7-16(8-6-15)26(13-21(28)25-19-4-2-1-3-14(19)12-24)33(31,32)20-11-17(27(29)30)9-10-18(20)23/h1-11H,13H2,(H,25,28). The number of hydrogen-bond acceptors (Lipinski definition) is 6. The largest absolute Gasteiger partial charge is 0.323 e. The number of non-ortho nitro benzene ring substituents is 1. The molecule has 33 heavy (non-hydrogen) atoms. The van der Waals surface area contributed by atoms with E-state index in [9.17, 15) is 28.6 Å². The van der Waals surface area contributed by atoms with Gasteiger partial charge in [-0.1, -0.05) is 35.3 Å². The molecule has 0 aromatic heterocycles. The molecule has 168 valence electrons. The van der Waals surface area contributed by atoms with E-state index in [1.54, 1.807) is 12.1 Å². The van der Waals surface area contributed by atoms with E-state index in [2.05, 4.69) is 5.32 Å². The number of halogens is 2. The fourth-order valence-corrected chi connectivity index (χ4v) is 4.90. The molecular weight excluding hydrogens is 491 g/mol. The third-order valence-corrected chi connectivity index (χ3v) is 6.92. The number of carbonyl (C=O) groups excluding carboxylic acids is 1. The van der Waals surface area contributed by atoms with Gasteiger partial charge in [-0.3, -0.25) is 19.2 Å². The van der Waals surface area contributed by atoms with E-state index in [-0.39, 0.29) is 22.0 Å². The van der Waals surface area contributed by atoms with Crippen LogP contribution in [-0.2, 0) is 14.8 Å². The fourth-order valence-electron chi connectivity index (χ4n) is 2.85. The van der Waals surface area contributed by atoms with Crippen LogP contribution in [0.4, 0.5) is 17.1 Å². The molecule has 1 N–H and O–H groups in total. The average molecular weight is 505 g/mol. The van der Waals surface area contributed by atoms with Gasteiger partial charge in [-0.05, 0) is 42.5 Å². The first kappa shape index (κ1) is 24.0. The molecule has 0 unspecified atom stereocenters. The second-order valence-electron chi connectivity index (χ2n) is 6.57. The molecule has 0 aliphatic rings. The van der Waals surface area contributed by atoms with Crippen LogP contribution < -0.4 is 9.62 Å². The number of amides is 1. The molecule has 3 rings (SSSR count). The van der Waals surface area contributed by atoms with Gasteiger partial charge < -0.3 is 5.32 Å². The number of rotatable bonds is 7. The van der Waals surface area contributed by atoms with Crippen LogP contribution in [0, 0.1) is 21.4 Å². The molecule has 0 aliphatic carbocycles. The Bertz CT molecular complexity index is 1370. The lowest BCUT2D eigenvalue weighted by atomic mass is 10.2. The van der Waals surface area contributed by atoms with Crippen molar-refractivity contribution in [3.05, 3.63) is 92.5 Å². The third kappa shape index (κ3) is 5.40. The summed E-state index contributed by atoms with van der Waals surface area (Å²) < 4.78 is 27.7. The van der Waals surface area contributed by atoms with Crippen molar-refractivity contribution in [3.8, 4) is 6.07 Å². The Morgan fingerprint density at radius 3 is 2.39 bits per heavy atom. The molecule has 0 aliphatic heterocycles. The quantitative estimate of drug-likeness (QED) is 0.368. The zero-order valence-corrected chi connectivity index (χ0v) is 18.9. The van der Waals surface area contributed by atoms with E-state index in [4.69, 9.17) is 23.2 Å². The van der Waals surface area contributed by atoms with Gasteiger partial charge in [-0.25, -0.2) is 8.42 Å². The highest BCUT2D eigenvalue weighted by Crippen LogP contribution is 2.32. The van der Waals surface area contributed by atoms with Gasteiger partial charge in [0.2, 0.25) is 5.91 Å². The van der Waals surface area contributed by atoms with E-state index in [0.29, 0.717) is 5.02 Å². The lowest BCUT2D eigenvalue weighted by Crippen LogP contribution is -2.38. The monoisotopic (exact) mass is 504 g/mol. The molecule has 0 saturated heterocycles. The molecule has 1 amide bonds. The lowest BCUT2D eigenvalue weighted by Gasteiger charge is -2.24. The number of nitrogens with one attached hydrogen (secondary N) is 1. The van der Waals surface area contributed by atoms with Crippen LogP contribution in [-0.4, -0.2) is 25.8 Å². The molecule has 3 aromatic carbocycles. The van der Waals surface area contributed by atoms with E-state index in [0.717, 1.165) is 22.5 Å². The summed E-state index contributed by atoms with van der Waals surface area (Å²) in [7, 11) is -4.53. The molecule has 0 bridgehead atoms. The predicted molar refractivity (Wildman–Crippen MR) is 124 cm³/mol. The minimum absolute atomic E-state index is 0.0747. The van der Waals surface area contributed by atoms with Crippen LogP contribution >= 0.6 is 23.2 Å². The molecule has 9 nitrogen and oxygen atoms in total. The highest BCUT2D eigenvalue weighted by atomic mass is 35.5. The van der Waals surface area contributed by atoms with Gasteiger partial charge in [0.15, 0.2) is 0 Å². The van der Waals surface area contributed by atoms with Crippen LogP contribution in [0.2, 0.25) is 10.0 Å². The zero-order chi connectivity index (χ0) is 24.2. The van der Waals surface area contributed by atoms with Crippen LogP contribution in [0.15, 0.2) is 71.6 Å². The molecule has 0 radical (unpaired) electrons. The molecule has 0 heterocycles. The van der Waals surface area contributed by atoms with Crippen LogP contribution in [0.1, 0.15) is 5.56 Å². The first-order chi connectivity index (χ1) is 15.6. The number of benzene rings is 3.